The number of hydrogen-bond acceptors (Lipinski definition) is 5. The zero-order chi connectivity index (χ0) is 26.9. The van der Waals surface area contributed by atoms with Crippen LogP contribution in [0.25, 0.3) is 17.4 Å². The van der Waals surface area contributed by atoms with Gasteiger partial charge in [-0.2, -0.15) is 0 Å². The molecule has 0 saturated carbocycles. The minimum absolute atomic E-state index is 0.273. The number of thiazole rings is 1. The number of furan rings is 1. The lowest BCUT2D eigenvalue weighted by Crippen LogP contribution is -2.40. The van der Waals surface area contributed by atoms with Crippen LogP contribution in [0.3, 0.4) is 0 Å². The number of anilines is 1. The number of fused-ring (bicyclic) bond motifs is 1. The molecule has 39 heavy (non-hydrogen) atoms. The van der Waals surface area contributed by atoms with Gasteiger partial charge in [0.1, 0.15) is 17.3 Å². The number of aromatic nitrogens is 1. The number of carbonyl (C=O) groups is 1. The number of allylic oxidation sites excluding steroid dienone is 1. The summed E-state index contributed by atoms with van der Waals surface area (Å²) in [7, 11) is 0. The molecule has 1 N–H and O–H groups in total. The normalized spacial score (nSPS) is 15.1. The molecule has 0 aliphatic carbocycles. The highest BCUT2D eigenvalue weighted by molar-refractivity contribution is 7.07. The Hall–Kier alpha value is -4.82. The summed E-state index contributed by atoms with van der Waals surface area (Å²) in [6.45, 7) is 1.79. The number of rotatable bonds is 5. The first-order chi connectivity index (χ1) is 19.0. The van der Waals surface area contributed by atoms with Crippen molar-refractivity contribution in [1.29, 1.82) is 0 Å². The Kier molecular flexibility index (Phi) is 6.38. The van der Waals surface area contributed by atoms with Crippen LogP contribution in [0.15, 0.2) is 123 Å². The molecule has 6 nitrogen and oxygen atoms in total. The van der Waals surface area contributed by atoms with E-state index in [1.54, 1.807) is 41.8 Å². The summed E-state index contributed by atoms with van der Waals surface area (Å²) >= 11 is 1.24. The molecule has 6 rings (SSSR count). The first-order valence-electron chi connectivity index (χ1n) is 12.3. The fourth-order valence-corrected chi connectivity index (χ4v) is 5.64. The zero-order valence-corrected chi connectivity index (χ0v) is 21.6. The van der Waals surface area contributed by atoms with Crippen LogP contribution in [0.5, 0.6) is 0 Å². The zero-order valence-electron chi connectivity index (χ0n) is 20.8. The van der Waals surface area contributed by atoms with Crippen molar-refractivity contribution in [1.82, 2.24) is 4.57 Å². The first-order valence-corrected chi connectivity index (χ1v) is 13.1. The topological polar surface area (TPSA) is 76.6 Å². The Labute approximate surface area is 226 Å². The predicted molar refractivity (Wildman–Crippen MR) is 149 cm³/mol. The summed E-state index contributed by atoms with van der Waals surface area (Å²) in [6.07, 6.45) is 1.67. The van der Waals surface area contributed by atoms with Gasteiger partial charge in [0, 0.05) is 17.3 Å². The minimum Gasteiger partial charge on any atom is -0.457 e. The van der Waals surface area contributed by atoms with E-state index in [4.69, 9.17) is 4.42 Å². The van der Waals surface area contributed by atoms with E-state index in [1.165, 1.54) is 23.5 Å². The van der Waals surface area contributed by atoms with Crippen molar-refractivity contribution in [2.24, 2.45) is 4.99 Å². The van der Waals surface area contributed by atoms with Crippen molar-refractivity contribution in [2.45, 2.75) is 13.0 Å². The predicted octanol–water partition coefficient (Wildman–Crippen LogP) is 5.27. The molecule has 1 aliphatic rings. The maximum Gasteiger partial charge on any atom is 0.271 e. The average molecular weight is 536 g/mol. The van der Waals surface area contributed by atoms with E-state index in [0.717, 1.165) is 11.1 Å². The Morgan fingerprint density at radius 3 is 2.38 bits per heavy atom. The van der Waals surface area contributed by atoms with Crippen molar-refractivity contribution < 1.29 is 13.6 Å². The molecule has 0 spiro atoms. The molecule has 8 heteroatoms. The second kappa shape index (κ2) is 10.2. The van der Waals surface area contributed by atoms with Gasteiger partial charge in [-0.1, -0.05) is 59.9 Å². The van der Waals surface area contributed by atoms with Crippen LogP contribution in [-0.4, -0.2) is 10.5 Å². The van der Waals surface area contributed by atoms with Gasteiger partial charge in [0.05, 0.1) is 21.8 Å². The molecular formula is C31H22FN3O3S. The molecule has 0 saturated heterocycles. The Balaban J connectivity index is 1.44. The van der Waals surface area contributed by atoms with Gasteiger partial charge in [-0.3, -0.25) is 14.2 Å². The van der Waals surface area contributed by atoms with E-state index in [1.807, 2.05) is 60.7 Å². The Bertz CT molecular complexity index is 1890. The van der Waals surface area contributed by atoms with Gasteiger partial charge in [-0.05, 0) is 61.0 Å². The van der Waals surface area contributed by atoms with Crippen LogP contribution in [-0.2, 0) is 4.79 Å². The van der Waals surface area contributed by atoms with Crippen molar-refractivity contribution in [2.75, 3.05) is 5.32 Å². The average Bonchev–Trinajstić information content (AvgIpc) is 3.53. The fraction of sp³-hybridized carbons (Fsp3) is 0.0645. The van der Waals surface area contributed by atoms with E-state index in [-0.39, 0.29) is 17.3 Å². The van der Waals surface area contributed by atoms with E-state index in [0.29, 0.717) is 37.8 Å². The molecule has 0 unspecified atom stereocenters. The van der Waals surface area contributed by atoms with Crippen LogP contribution < -0.4 is 20.2 Å². The van der Waals surface area contributed by atoms with Crippen LogP contribution in [0, 0.1) is 5.82 Å². The molecule has 1 atom stereocenters. The standard InChI is InChI=1S/C31H22FN3O3S/c1-19-27(29(36)34-23-10-6-3-7-11-23)28(21-8-4-2-5-9-21)35-30(37)26(39-31(35)33-19)18-24-16-17-25(38-24)20-12-14-22(32)15-13-20/h2-18,28H,1H3,(H,34,36)/b26-18-/t28-/m0/s1. The van der Waals surface area contributed by atoms with Gasteiger partial charge in [0.2, 0.25) is 0 Å². The molecule has 0 fully saturated rings. The second-order valence-electron chi connectivity index (χ2n) is 9.02. The SMILES string of the molecule is CC1=C(C(=O)Nc2ccccc2)[C@H](c2ccccc2)n2c(s/c(=C\c3ccc(-c4ccc(F)cc4)o3)c2=O)=N1. The first kappa shape index (κ1) is 24.5. The fourth-order valence-electron chi connectivity index (χ4n) is 4.61. The van der Waals surface area contributed by atoms with Crippen molar-refractivity contribution >= 4 is 29.0 Å². The summed E-state index contributed by atoms with van der Waals surface area (Å²) in [6, 6.07) is 27.5. The van der Waals surface area contributed by atoms with E-state index in [9.17, 15) is 14.0 Å². The Morgan fingerprint density at radius 2 is 1.67 bits per heavy atom. The van der Waals surface area contributed by atoms with Crippen LogP contribution in [0.2, 0.25) is 0 Å². The Morgan fingerprint density at radius 1 is 0.974 bits per heavy atom. The number of amides is 1. The highest BCUT2D eigenvalue weighted by atomic mass is 32.1. The molecule has 3 heterocycles. The van der Waals surface area contributed by atoms with Crippen molar-refractivity contribution in [3.8, 4) is 11.3 Å². The molecule has 3 aromatic carbocycles. The third kappa shape index (κ3) is 4.78. The number of hydrogen-bond donors (Lipinski definition) is 1. The number of nitrogens with zero attached hydrogens (tertiary/aromatic N) is 2. The largest absolute Gasteiger partial charge is 0.457 e. The van der Waals surface area contributed by atoms with E-state index < -0.39 is 6.04 Å². The third-order valence-corrected chi connectivity index (χ3v) is 7.43. The van der Waals surface area contributed by atoms with Gasteiger partial charge in [0.25, 0.3) is 11.5 Å². The summed E-state index contributed by atoms with van der Waals surface area (Å²) in [4.78, 5) is 32.5. The minimum atomic E-state index is -0.653. The van der Waals surface area contributed by atoms with Crippen LogP contribution >= 0.6 is 11.3 Å². The highest BCUT2D eigenvalue weighted by Crippen LogP contribution is 2.30. The molecule has 1 amide bonds. The summed E-state index contributed by atoms with van der Waals surface area (Å²) in [5, 5.41) is 2.95. The lowest BCUT2D eigenvalue weighted by Gasteiger charge is -2.25. The number of nitrogens with one attached hydrogen (secondary N) is 1. The third-order valence-electron chi connectivity index (χ3n) is 6.44. The van der Waals surface area contributed by atoms with Gasteiger partial charge in [-0.15, -0.1) is 0 Å². The molecule has 2 aromatic heterocycles. The number of halogens is 1. The van der Waals surface area contributed by atoms with Gasteiger partial charge < -0.3 is 9.73 Å². The number of para-hydroxylation sites is 1. The van der Waals surface area contributed by atoms with Crippen LogP contribution in [0.4, 0.5) is 10.1 Å². The van der Waals surface area contributed by atoms with Gasteiger partial charge >= 0.3 is 0 Å². The monoisotopic (exact) mass is 535 g/mol. The van der Waals surface area contributed by atoms with E-state index >= 15 is 0 Å². The quantitative estimate of drug-likeness (QED) is 0.333. The smallest absolute Gasteiger partial charge is 0.271 e. The van der Waals surface area contributed by atoms with Crippen molar-refractivity contribution in [3.63, 3.8) is 0 Å². The van der Waals surface area contributed by atoms with E-state index in [2.05, 4.69) is 10.3 Å². The molecule has 0 bridgehead atoms. The second-order valence-corrected chi connectivity index (χ2v) is 10.0. The van der Waals surface area contributed by atoms with Gasteiger partial charge in [0.15, 0.2) is 4.80 Å². The maximum absolute atomic E-state index is 13.8. The van der Waals surface area contributed by atoms with Crippen LogP contribution in [0.1, 0.15) is 24.3 Å². The summed E-state index contributed by atoms with van der Waals surface area (Å²) in [5.74, 6) is 0.396. The maximum atomic E-state index is 13.8. The number of carbonyl (C=O) groups excluding carboxylic acids is 1. The van der Waals surface area contributed by atoms with Crippen molar-refractivity contribution in [3.05, 3.63) is 145 Å². The molecule has 5 aromatic rings. The summed E-state index contributed by atoms with van der Waals surface area (Å²) < 4.78 is 21.2. The number of benzene rings is 3. The molecule has 192 valence electrons. The summed E-state index contributed by atoms with van der Waals surface area (Å²) in [5.41, 5.74) is 2.86. The lowest BCUT2D eigenvalue weighted by atomic mass is 9.95. The van der Waals surface area contributed by atoms with Gasteiger partial charge in [-0.25, -0.2) is 9.38 Å². The molecule has 0 radical (unpaired) electrons. The molecule has 1 aliphatic heterocycles. The highest BCUT2D eigenvalue weighted by Gasteiger charge is 2.32. The molecular weight excluding hydrogens is 513 g/mol. The lowest BCUT2D eigenvalue weighted by molar-refractivity contribution is -0.113.